The van der Waals surface area contributed by atoms with Crippen LogP contribution >= 0.6 is 11.3 Å². The van der Waals surface area contributed by atoms with Gasteiger partial charge >= 0.3 is 0 Å². The van der Waals surface area contributed by atoms with Crippen LogP contribution < -0.4 is 5.73 Å². The Hall–Kier alpha value is -3.09. The lowest BCUT2D eigenvalue weighted by molar-refractivity contribution is 0.402. The molecule has 3 heterocycles. The van der Waals surface area contributed by atoms with E-state index in [4.69, 9.17) is 5.73 Å². The topological polar surface area (TPSA) is 67.9 Å². The van der Waals surface area contributed by atoms with Gasteiger partial charge in [0, 0.05) is 29.6 Å². The molecule has 0 aliphatic heterocycles. The number of hydrogen-bond donors (Lipinski definition) is 1. The van der Waals surface area contributed by atoms with E-state index >= 15 is 0 Å². The predicted molar refractivity (Wildman–Crippen MR) is 121 cm³/mol. The van der Waals surface area contributed by atoms with Crippen molar-refractivity contribution in [2.75, 3.05) is 19.8 Å². The van der Waals surface area contributed by atoms with Crippen LogP contribution in [0.1, 0.15) is 11.3 Å². The molecule has 0 saturated heterocycles. The molecule has 3 aromatic heterocycles. The highest BCUT2D eigenvalue weighted by molar-refractivity contribution is 7.19. The van der Waals surface area contributed by atoms with E-state index in [1.54, 1.807) is 0 Å². The van der Waals surface area contributed by atoms with E-state index in [9.17, 15) is 0 Å². The van der Waals surface area contributed by atoms with Crippen molar-refractivity contribution in [1.29, 1.82) is 0 Å². The zero-order valence-electron chi connectivity index (χ0n) is 16.8. The maximum Gasteiger partial charge on any atom is 0.181 e. The highest BCUT2D eigenvalue weighted by Crippen LogP contribution is 2.37. The van der Waals surface area contributed by atoms with Crippen LogP contribution in [0.2, 0.25) is 0 Å². The third-order valence-corrected chi connectivity index (χ3v) is 5.45. The standard InChI is InChI=1S/C23H23N5S/c1-15-5-4-6-19(26-15)22-21(27-23(24)29-22)18-11-12-25-20(13-18)17-9-7-16(8-10-17)14-28(2)3/h4-13H,14H2,1-3H3,(H2,24,27). The van der Waals surface area contributed by atoms with Crippen molar-refractivity contribution in [3.05, 3.63) is 72.1 Å². The van der Waals surface area contributed by atoms with Gasteiger partial charge in [-0.15, -0.1) is 0 Å². The molecule has 6 heteroatoms. The summed E-state index contributed by atoms with van der Waals surface area (Å²) in [6.07, 6.45) is 1.82. The van der Waals surface area contributed by atoms with Gasteiger partial charge in [-0.25, -0.2) is 4.98 Å². The molecule has 0 atom stereocenters. The lowest BCUT2D eigenvalue weighted by atomic mass is 10.0. The number of nitrogens with two attached hydrogens (primary N) is 1. The molecule has 2 N–H and O–H groups in total. The molecular weight excluding hydrogens is 378 g/mol. The van der Waals surface area contributed by atoms with Crippen molar-refractivity contribution in [3.8, 4) is 33.1 Å². The molecule has 4 aromatic rings. The van der Waals surface area contributed by atoms with Gasteiger partial charge in [-0.1, -0.05) is 41.7 Å². The maximum atomic E-state index is 6.06. The summed E-state index contributed by atoms with van der Waals surface area (Å²) < 4.78 is 0. The fourth-order valence-electron chi connectivity index (χ4n) is 3.26. The zero-order chi connectivity index (χ0) is 20.4. The van der Waals surface area contributed by atoms with Crippen molar-refractivity contribution in [1.82, 2.24) is 19.9 Å². The Balaban J connectivity index is 1.71. The number of aryl methyl sites for hydroxylation is 1. The average molecular weight is 402 g/mol. The van der Waals surface area contributed by atoms with Crippen molar-refractivity contribution < 1.29 is 0 Å². The summed E-state index contributed by atoms with van der Waals surface area (Å²) >= 11 is 1.46. The molecular formula is C23H23N5S. The second-order valence-electron chi connectivity index (χ2n) is 7.26. The zero-order valence-corrected chi connectivity index (χ0v) is 17.6. The number of thiazole rings is 1. The number of nitrogen functional groups attached to an aromatic ring is 1. The van der Waals surface area contributed by atoms with Crippen molar-refractivity contribution in [2.45, 2.75) is 13.5 Å². The highest BCUT2D eigenvalue weighted by atomic mass is 32.1. The van der Waals surface area contributed by atoms with Crippen molar-refractivity contribution in [3.63, 3.8) is 0 Å². The smallest absolute Gasteiger partial charge is 0.181 e. The molecule has 5 nitrogen and oxygen atoms in total. The van der Waals surface area contributed by atoms with Gasteiger partial charge in [0.2, 0.25) is 0 Å². The molecule has 0 radical (unpaired) electrons. The van der Waals surface area contributed by atoms with Crippen LogP contribution in [-0.2, 0) is 6.54 Å². The van der Waals surface area contributed by atoms with E-state index < -0.39 is 0 Å². The predicted octanol–water partition coefficient (Wildman–Crippen LogP) is 4.89. The van der Waals surface area contributed by atoms with Crippen LogP contribution in [0.15, 0.2) is 60.8 Å². The van der Waals surface area contributed by atoms with Gasteiger partial charge in [0.15, 0.2) is 5.13 Å². The molecule has 0 spiro atoms. The molecule has 0 aliphatic carbocycles. The fourth-order valence-corrected chi connectivity index (χ4v) is 4.08. The van der Waals surface area contributed by atoms with E-state index in [0.717, 1.165) is 45.3 Å². The SMILES string of the molecule is Cc1cccc(-c2sc(N)nc2-c2ccnc(-c3ccc(CN(C)C)cc3)c2)n1. The van der Waals surface area contributed by atoms with Crippen molar-refractivity contribution in [2.24, 2.45) is 0 Å². The summed E-state index contributed by atoms with van der Waals surface area (Å²) in [5, 5.41) is 0.532. The monoisotopic (exact) mass is 401 g/mol. The summed E-state index contributed by atoms with van der Waals surface area (Å²) in [6.45, 7) is 2.90. The van der Waals surface area contributed by atoms with Crippen LogP contribution in [0.4, 0.5) is 5.13 Å². The van der Waals surface area contributed by atoms with E-state index in [-0.39, 0.29) is 0 Å². The largest absolute Gasteiger partial charge is 0.375 e. The Morgan fingerprint density at radius 2 is 1.72 bits per heavy atom. The molecule has 0 bridgehead atoms. The summed E-state index contributed by atoms with van der Waals surface area (Å²) in [7, 11) is 4.14. The lowest BCUT2D eigenvalue weighted by Gasteiger charge is -2.10. The molecule has 29 heavy (non-hydrogen) atoms. The van der Waals surface area contributed by atoms with Crippen molar-refractivity contribution >= 4 is 16.5 Å². The molecule has 0 fully saturated rings. The van der Waals surface area contributed by atoms with Gasteiger partial charge in [0.25, 0.3) is 0 Å². The first kappa shape index (κ1) is 19.2. The van der Waals surface area contributed by atoms with E-state index in [1.807, 2.05) is 37.4 Å². The third kappa shape index (κ3) is 4.34. The number of benzene rings is 1. The van der Waals surface area contributed by atoms with E-state index in [2.05, 4.69) is 64.3 Å². The maximum absolute atomic E-state index is 6.06. The van der Waals surface area contributed by atoms with Gasteiger partial charge in [0.05, 0.1) is 22.0 Å². The minimum absolute atomic E-state index is 0.532. The highest BCUT2D eigenvalue weighted by Gasteiger charge is 2.16. The third-order valence-electron chi connectivity index (χ3n) is 4.55. The van der Waals surface area contributed by atoms with Crippen LogP contribution in [0.3, 0.4) is 0 Å². The molecule has 4 rings (SSSR count). The Labute approximate surface area is 174 Å². The number of aromatic nitrogens is 3. The number of nitrogens with zero attached hydrogens (tertiary/aromatic N) is 4. The Morgan fingerprint density at radius 1 is 0.931 bits per heavy atom. The van der Waals surface area contributed by atoms with Gasteiger partial charge in [-0.2, -0.15) is 0 Å². The number of hydrogen-bond acceptors (Lipinski definition) is 6. The molecule has 0 unspecified atom stereocenters. The van der Waals surface area contributed by atoms with Gasteiger partial charge < -0.3 is 10.6 Å². The minimum atomic E-state index is 0.532. The Bertz CT molecular complexity index is 1130. The van der Waals surface area contributed by atoms with Gasteiger partial charge in [-0.3, -0.25) is 9.97 Å². The first-order chi connectivity index (χ1) is 14.0. The van der Waals surface area contributed by atoms with Gasteiger partial charge in [-0.05, 0) is 50.8 Å². The summed E-state index contributed by atoms with van der Waals surface area (Å²) in [5.74, 6) is 0. The van der Waals surface area contributed by atoms with Crippen LogP contribution in [-0.4, -0.2) is 33.9 Å². The average Bonchev–Trinajstić information content (AvgIpc) is 3.10. The second-order valence-corrected chi connectivity index (χ2v) is 8.29. The normalized spacial score (nSPS) is 11.2. The minimum Gasteiger partial charge on any atom is -0.375 e. The van der Waals surface area contributed by atoms with Crippen LogP contribution in [0.25, 0.3) is 33.1 Å². The molecule has 146 valence electrons. The number of rotatable bonds is 5. The summed E-state index contributed by atoms with van der Waals surface area (Å²) in [5.41, 5.74) is 13.0. The summed E-state index contributed by atoms with van der Waals surface area (Å²) in [6, 6.07) is 18.5. The Morgan fingerprint density at radius 3 is 2.45 bits per heavy atom. The molecule has 0 aliphatic rings. The molecule has 1 aromatic carbocycles. The summed E-state index contributed by atoms with van der Waals surface area (Å²) in [4.78, 5) is 16.9. The fraction of sp³-hybridized carbons (Fsp3) is 0.174. The quantitative estimate of drug-likeness (QED) is 0.516. The lowest BCUT2D eigenvalue weighted by Crippen LogP contribution is -2.10. The molecule has 0 amide bonds. The van der Waals surface area contributed by atoms with E-state index in [0.29, 0.717) is 5.13 Å². The number of pyridine rings is 2. The molecule has 0 saturated carbocycles. The first-order valence-electron chi connectivity index (χ1n) is 9.40. The van der Waals surface area contributed by atoms with Gasteiger partial charge in [0.1, 0.15) is 0 Å². The van der Waals surface area contributed by atoms with Crippen LogP contribution in [0, 0.1) is 6.92 Å². The van der Waals surface area contributed by atoms with Crippen LogP contribution in [0.5, 0.6) is 0 Å². The second kappa shape index (κ2) is 8.11. The van der Waals surface area contributed by atoms with E-state index in [1.165, 1.54) is 16.9 Å². The first-order valence-corrected chi connectivity index (χ1v) is 10.2. The Kier molecular flexibility index (Phi) is 5.38. The number of anilines is 1.